The lowest BCUT2D eigenvalue weighted by molar-refractivity contribution is -0.385. The van der Waals surface area contributed by atoms with E-state index < -0.39 is 4.92 Å². The minimum Gasteiger partial charge on any atom is -0.377 e. The zero-order valence-electron chi connectivity index (χ0n) is 9.39. The highest BCUT2D eigenvalue weighted by atomic mass is 79.9. The lowest BCUT2D eigenvalue weighted by Gasteiger charge is -2.06. The van der Waals surface area contributed by atoms with Crippen molar-refractivity contribution < 1.29 is 9.66 Å². The highest BCUT2D eigenvalue weighted by molar-refractivity contribution is 9.10. The lowest BCUT2D eigenvalue weighted by Crippen LogP contribution is -1.99. The molecule has 0 amide bonds. The fourth-order valence-electron chi connectivity index (χ4n) is 1.66. The van der Waals surface area contributed by atoms with E-state index in [-0.39, 0.29) is 5.69 Å². The van der Waals surface area contributed by atoms with Crippen LogP contribution < -0.4 is 0 Å². The normalized spacial score (nSPS) is 14.9. The number of nitro benzene ring substituents is 1. The third-order valence-electron chi connectivity index (χ3n) is 2.88. The molecule has 4 nitrogen and oxygen atoms in total. The highest BCUT2D eigenvalue weighted by Crippen LogP contribution is 2.32. The second-order valence-electron chi connectivity index (χ2n) is 4.29. The van der Waals surface area contributed by atoms with Crippen LogP contribution in [0.4, 0.5) is 5.69 Å². The van der Waals surface area contributed by atoms with E-state index in [0.717, 1.165) is 24.5 Å². The molecule has 0 saturated heterocycles. The Morgan fingerprint density at radius 2 is 2.24 bits per heavy atom. The van der Waals surface area contributed by atoms with Gasteiger partial charge in [-0.05, 0) is 33.8 Å². The minimum absolute atomic E-state index is 0.0910. The summed E-state index contributed by atoms with van der Waals surface area (Å²) >= 11 is 3.25. The molecule has 2 rings (SSSR count). The van der Waals surface area contributed by atoms with Gasteiger partial charge in [0, 0.05) is 12.7 Å². The number of hydrogen-bond donors (Lipinski definition) is 0. The number of rotatable bonds is 6. The molecule has 0 aromatic heterocycles. The Bertz CT molecular complexity index is 418. The summed E-state index contributed by atoms with van der Waals surface area (Å²) < 4.78 is 6.06. The Morgan fingerprint density at radius 1 is 1.47 bits per heavy atom. The van der Waals surface area contributed by atoms with E-state index in [0.29, 0.717) is 11.1 Å². The molecule has 92 valence electrons. The van der Waals surface area contributed by atoms with Gasteiger partial charge in [-0.25, -0.2) is 0 Å². The van der Waals surface area contributed by atoms with Crippen molar-refractivity contribution in [3.63, 3.8) is 0 Å². The standard InChI is InChI=1S/C12H14BrNO3/c13-12-10(2-1-3-11(12)14(15)16)8-17-7-6-9-4-5-9/h1-3,9H,4-8H2. The number of hydrogen-bond acceptors (Lipinski definition) is 3. The number of ether oxygens (including phenoxy) is 1. The van der Waals surface area contributed by atoms with Gasteiger partial charge in [0.1, 0.15) is 4.47 Å². The SMILES string of the molecule is O=[N+]([O-])c1cccc(COCCC2CC2)c1Br. The summed E-state index contributed by atoms with van der Waals surface area (Å²) in [5, 5.41) is 10.7. The molecule has 1 fully saturated rings. The summed E-state index contributed by atoms with van der Waals surface area (Å²) in [7, 11) is 0. The molecule has 0 bridgehead atoms. The topological polar surface area (TPSA) is 52.4 Å². The van der Waals surface area contributed by atoms with Crippen LogP contribution in [0.2, 0.25) is 0 Å². The van der Waals surface area contributed by atoms with Gasteiger partial charge in [-0.1, -0.05) is 25.0 Å². The fourth-order valence-corrected chi connectivity index (χ4v) is 2.18. The summed E-state index contributed by atoms with van der Waals surface area (Å²) in [6, 6.07) is 5.01. The smallest absolute Gasteiger partial charge is 0.283 e. The maximum Gasteiger partial charge on any atom is 0.283 e. The molecule has 1 aliphatic rings. The quantitative estimate of drug-likeness (QED) is 0.457. The van der Waals surface area contributed by atoms with Crippen LogP contribution in [0.5, 0.6) is 0 Å². The largest absolute Gasteiger partial charge is 0.377 e. The molecule has 0 N–H and O–H groups in total. The molecule has 1 saturated carbocycles. The van der Waals surface area contributed by atoms with Crippen LogP contribution in [-0.2, 0) is 11.3 Å². The Morgan fingerprint density at radius 3 is 2.88 bits per heavy atom. The van der Waals surface area contributed by atoms with Crippen LogP contribution in [-0.4, -0.2) is 11.5 Å². The van der Waals surface area contributed by atoms with Crippen molar-refractivity contribution in [2.45, 2.75) is 25.9 Å². The van der Waals surface area contributed by atoms with E-state index in [9.17, 15) is 10.1 Å². The van der Waals surface area contributed by atoms with Crippen molar-refractivity contribution >= 4 is 21.6 Å². The molecule has 1 aromatic rings. The third-order valence-corrected chi connectivity index (χ3v) is 3.80. The summed E-state index contributed by atoms with van der Waals surface area (Å²) in [6.07, 6.45) is 3.75. The molecule has 17 heavy (non-hydrogen) atoms. The van der Waals surface area contributed by atoms with E-state index in [1.165, 1.54) is 18.9 Å². The first-order chi connectivity index (χ1) is 8.18. The first kappa shape index (κ1) is 12.5. The lowest BCUT2D eigenvalue weighted by atomic mass is 10.2. The van der Waals surface area contributed by atoms with Crippen molar-refractivity contribution in [3.8, 4) is 0 Å². The van der Waals surface area contributed by atoms with Gasteiger partial charge in [-0.2, -0.15) is 0 Å². The van der Waals surface area contributed by atoms with Crippen LogP contribution in [0, 0.1) is 16.0 Å². The molecule has 5 heteroatoms. The zero-order chi connectivity index (χ0) is 12.3. The molecule has 1 aliphatic carbocycles. The third kappa shape index (κ3) is 3.51. The monoisotopic (exact) mass is 299 g/mol. The number of nitrogens with zero attached hydrogens (tertiary/aromatic N) is 1. The number of benzene rings is 1. The van der Waals surface area contributed by atoms with Crippen molar-refractivity contribution in [2.24, 2.45) is 5.92 Å². The second kappa shape index (κ2) is 5.60. The first-order valence-corrected chi connectivity index (χ1v) is 6.47. The summed E-state index contributed by atoms with van der Waals surface area (Å²) in [5.41, 5.74) is 0.920. The van der Waals surface area contributed by atoms with E-state index in [2.05, 4.69) is 15.9 Å². The van der Waals surface area contributed by atoms with Crippen LogP contribution >= 0.6 is 15.9 Å². The highest BCUT2D eigenvalue weighted by Gasteiger charge is 2.20. The Kier molecular flexibility index (Phi) is 4.12. The van der Waals surface area contributed by atoms with Crippen molar-refractivity contribution in [1.29, 1.82) is 0 Å². The second-order valence-corrected chi connectivity index (χ2v) is 5.08. The van der Waals surface area contributed by atoms with Crippen molar-refractivity contribution in [1.82, 2.24) is 0 Å². The Balaban J connectivity index is 1.90. The van der Waals surface area contributed by atoms with Gasteiger partial charge >= 0.3 is 0 Å². The number of halogens is 1. The van der Waals surface area contributed by atoms with Crippen molar-refractivity contribution in [3.05, 3.63) is 38.3 Å². The fraction of sp³-hybridized carbons (Fsp3) is 0.500. The van der Waals surface area contributed by atoms with Gasteiger partial charge < -0.3 is 4.74 Å². The Hall–Kier alpha value is -0.940. The minimum atomic E-state index is -0.391. The van der Waals surface area contributed by atoms with Crippen LogP contribution in [0.3, 0.4) is 0 Å². The molecule has 0 atom stereocenters. The van der Waals surface area contributed by atoms with Crippen molar-refractivity contribution in [2.75, 3.05) is 6.61 Å². The number of nitro groups is 1. The van der Waals surface area contributed by atoms with Crippen LogP contribution in [0.25, 0.3) is 0 Å². The van der Waals surface area contributed by atoms with Crippen LogP contribution in [0.1, 0.15) is 24.8 Å². The molecular formula is C12H14BrNO3. The van der Waals surface area contributed by atoms with E-state index >= 15 is 0 Å². The average molecular weight is 300 g/mol. The van der Waals surface area contributed by atoms with E-state index in [1.54, 1.807) is 6.07 Å². The molecule has 0 aliphatic heterocycles. The summed E-state index contributed by atoms with van der Waals surface area (Å²) in [4.78, 5) is 10.3. The molecule has 0 radical (unpaired) electrons. The zero-order valence-corrected chi connectivity index (χ0v) is 11.0. The predicted molar refractivity (Wildman–Crippen MR) is 67.8 cm³/mol. The van der Waals surface area contributed by atoms with Gasteiger partial charge in [-0.3, -0.25) is 10.1 Å². The first-order valence-electron chi connectivity index (χ1n) is 5.68. The summed E-state index contributed by atoms with van der Waals surface area (Å²) in [6.45, 7) is 1.16. The predicted octanol–water partition coefficient (Wildman–Crippen LogP) is 3.67. The summed E-state index contributed by atoms with van der Waals surface area (Å²) in [5.74, 6) is 0.851. The van der Waals surface area contributed by atoms with Gasteiger partial charge in [0.05, 0.1) is 11.5 Å². The van der Waals surface area contributed by atoms with Gasteiger partial charge in [-0.15, -0.1) is 0 Å². The van der Waals surface area contributed by atoms with Gasteiger partial charge in [0.15, 0.2) is 0 Å². The molecule has 0 unspecified atom stereocenters. The Labute approximate surface area is 108 Å². The molecular weight excluding hydrogens is 286 g/mol. The maximum absolute atomic E-state index is 10.7. The maximum atomic E-state index is 10.7. The molecule has 1 aromatic carbocycles. The molecule has 0 spiro atoms. The average Bonchev–Trinajstić information content (AvgIpc) is 3.10. The van der Waals surface area contributed by atoms with Gasteiger partial charge in [0.2, 0.25) is 0 Å². The van der Waals surface area contributed by atoms with E-state index in [4.69, 9.17) is 4.74 Å². The van der Waals surface area contributed by atoms with Gasteiger partial charge in [0.25, 0.3) is 5.69 Å². The van der Waals surface area contributed by atoms with Crippen LogP contribution in [0.15, 0.2) is 22.7 Å². The van der Waals surface area contributed by atoms with E-state index in [1.807, 2.05) is 6.07 Å². The molecule has 0 heterocycles.